The molecule has 2 aromatic rings. The van der Waals surface area contributed by atoms with Crippen molar-refractivity contribution in [2.45, 2.75) is 52.7 Å². The summed E-state index contributed by atoms with van der Waals surface area (Å²) in [5.74, 6) is -1.25. The van der Waals surface area contributed by atoms with E-state index in [0.29, 0.717) is 44.0 Å². The van der Waals surface area contributed by atoms with E-state index in [0.717, 1.165) is 29.7 Å². The molecule has 0 unspecified atom stereocenters. The zero-order chi connectivity index (χ0) is 22.5. The molecule has 1 aliphatic heterocycles. The highest BCUT2D eigenvalue weighted by atomic mass is 19.1. The molecular weight excluding hydrogens is 401 g/mol. The van der Waals surface area contributed by atoms with Gasteiger partial charge in [-0.25, -0.2) is 14.0 Å². The summed E-state index contributed by atoms with van der Waals surface area (Å²) < 4.78 is 20.2. The Hall–Kier alpha value is -2.87. The maximum Gasteiger partial charge on any atom is 0.409 e. The summed E-state index contributed by atoms with van der Waals surface area (Å²) >= 11 is 0. The maximum atomic E-state index is 13.2. The highest BCUT2D eigenvalue weighted by molar-refractivity contribution is 5.91. The van der Waals surface area contributed by atoms with Crippen LogP contribution >= 0.6 is 0 Å². The molecular formula is C23H30FN3O4. The minimum atomic E-state index is -0.951. The molecule has 168 valence electrons. The standard InChI is InChI=1S/C23H30FN3O4/c1-4-31-23(30)26-11-9-19(10-12-26)25-13-20-15(2)27(16(3)21(20)22(28)29)14-17-5-7-18(24)8-6-17/h5-8,19,25H,4,9-14H2,1-3H3,(H,28,29). The van der Waals surface area contributed by atoms with Gasteiger partial charge in [-0.1, -0.05) is 12.1 Å². The first-order valence-electron chi connectivity index (χ1n) is 10.6. The van der Waals surface area contributed by atoms with Crippen molar-refractivity contribution >= 4 is 12.1 Å². The fourth-order valence-electron chi connectivity index (χ4n) is 4.19. The Bertz CT molecular complexity index is 931. The third-order valence-electron chi connectivity index (χ3n) is 5.97. The molecule has 0 spiro atoms. The van der Waals surface area contributed by atoms with Crippen LogP contribution in [0.1, 0.15) is 52.6 Å². The number of aromatic nitrogens is 1. The largest absolute Gasteiger partial charge is 0.478 e. The van der Waals surface area contributed by atoms with Crippen LogP contribution in [0.3, 0.4) is 0 Å². The number of ether oxygens (including phenoxy) is 1. The first-order valence-corrected chi connectivity index (χ1v) is 10.6. The molecule has 1 amide bonds. The molecule has 0 atom stereocenters. The number of nitrogens with one attached hydrogen (secondary N) is 1. The summed E-state index contributed by atoms with van der Waals surface area (Å²) in [5.41, 5.74) is 3.56. The number of amides is 1. The van der Waals surface area contributed by atoms with E-state index in [-0.39, 0.29) is 18.0 Å². The van der Waals surface area contributed by atoms with Crippen molar-refractivity contribution in [3.05, 3.63) is 58.2 Å². The van der Waals surface area contributed by atoms with Crippen molar-refractivity contribution in [1.82, 2.24) is 14.8 Å². The van der Waals surface area contributed by atoms with E-state index < -0.39 is 5.97 Å². The Morgan fingerprint density at radius 1 is 1.16 bits per heavy atom. The molecule has 8 heteroatoms. The van der Waals surface area contributed by atoms with Crippen LogP contribution in [0.25, 0.3) is 0 Å². The molecule has 1 aromatic heterocycles. The number of likely N-dealkylation sites (tertiary alicyclic amines) is 1. The lowest BCUT2D eigenvalue weighted by Crippen LogP contribution is -2.45. The highest BCUT2D eigenvalue weighted by Crippen LogP contribution is 2.25. The fourth-order valence-corrected chi connectivity index (χ4v) is 4.19. The second-order valence-corrected chi connectivity index (χ2v) is 7.88. The van der Waals surface area contributed by atoms with Gasteiger partial charge >= 0.3 is 12.1 Å². The summed E-state index contributed by atoms with van der Waals surface area (Å²) in [7, 11) is 0. The van der Waals surface area contributed by atoms with Crippen LogP contribution in [0.5, 0.6) is 0 Å². The molecule has 1 aliphatic rings. The minimum absolute atomic E-state index is 0.201. The smallest absolute Gasteiger partial charge is 0.409 e. The summed E-state index contributed by atoms with van der Waals surface area (Å²) in [4.78, 5) is 25.5. The van der Waals surface area contributed by atoms with Crippen molar-refractivity contribution < 1.29 is 23.8 Å². The number of halogens is 1. The van der Waals surface area contributed by atoms with E-state index in [2.05, 4.69) is 5.32 Å². The van der Waals surface area contributed by atoms with Gasteiger partial charge in [-0.05, 0) is 51.3 Å². The van der Waals surface area contributed by atoms with Gasteiger partial charge < -0.3 is 24.6 Å². The molecule has 0 aliphatic carbocycles. The second-order valence-electron chi connectivity index (χ2n) is 7.88. The number of hydrogen-bond donors (Lipinski definition) is 2. The third-order valence-corrected chi connectivity index (χ3v) is 5.97. The lowest BCUT2D eigenvalue weighted by Gasteiger charge is -2.31. The molecule has 0 bridgehead atoms. The van der Waals surface area contributed by atoms with E-state index in [1.807, 2.05) is 11.5 Å². The number of nitrogens with zero attached hydrogens (tertiary/aromatic N) is 2. The Morgan fingerprint density at radius 2 is 1.81 bits per heavy atom. The second kappa shape index (κ2) is 9.96. The number of carboxylic acids is 1. The van der Waals surface area contributed by atoms with Gasteiger partial charge in [-0.2, -0.15) is 0 Å². The number of rotatable bonds is 7. The van der Waals surface area contributed by atoms with Gasteiger partial charge in [-0.3, -0.25) is 0 Å². The molecule has 0 radical (unpaired) electrons. The number of carbonyl (C=O) groups is 2. The topological polar surface area (TPSA) is 83.8 Å². The molecule has 2 N–H and O–H groups in total. The lowest BCUT2D eigenvalue weighted by molar-refractivity contribution is 0.0693. The molecule has 2 heterocycles. The predicted molar refractivity (Wildman–Crippen MR) is 115 cm³/mol. The van der Waals surface area contributed by atoms with E-state index in [9.17, 15) is 19.1 Å². The van der Waals surface area contributed by atoms with Crippen LogP contribution in [0.2, 0.25) is 0 Å². The summed E-state index contributed by atoms with van der Waals surface area (Å²) in [6.45, 7) is 8.04. The fraction of sp³-hybridized carbons (Fsp3) is 0.478. The lowest BCUT2D eigenvalue weighted by atomic mass is 10.0. The van der Waals surface area contributed by atoms with Crippen molar-refractivity contribution in [1.29, 1.82) is 0 Å². The number of benzene rings is 1. The van der Waals surface area contributed by atoms with Crippen LogP contribution in [0.15, 0.2) is 24.3 Å². The van der Waals surface area contributed by atoms with E-state index >= 15 is 0 Å². The van der Waals surface area contributed by atoms with Gasteiger partial charge in [0.1, 0.15) is 5.82 Å². The van der Waals surface area contributed by atoms with Gasteiger partial charge in [0.05, 0.1) is 12.2 Å². The number of carboxylic acid groups (broad SMARTS) is 1. The Morgan fingerprint density at radius 3 is 2.39 bits per heavy atom. The predicted octanol–water partition coefficient (Wildman–Crippen LogP) is 3.70. The quantitative estimate of drug-likeness (QED) is 0.698. The van der Waals surface area contributed by atoms with Gasteiger partial charge in [0.2, 0.25) is 0 Å². The first kappa shape index (κ1) is 22.8. The molecule has 3 rings (SSSR count). The SMILES string of the molecule is CCOC(=O)N1CCC(NCc2c(C(=O)O)c(C)n(Cc3ccc(F)cc3)c2C)CC1. The van der Waals surface area contributed by atoms with Crippen LogP contribution in [0, 0.1) is 19.7 Å². The average molecular weight is 432 g/mol. The Kier molecular flexibility index (Phi) is 7.33. The summed E-state index contributed by atoms with van der Waals surface area (Å²) in [6.07, 6.45) is 1.30. The van der Waals surface area contributed by atoms with Crippen molar-refractivity contribution in [2.75, 3.05) is 19.7 Å². The molecule has 1 aromatic carbocycles. The number of hydrogen-bond acceptors (Lipinski definition) is 4. The number of piperidine rings is 1. The summed E-state index contributed by atoms with van der Waals surface area (Å²) in [5, 5.41) is 13.3. The van der Waals surface area contributed by atoms with Gasteiger partial charge in [0.15, 0.2) is 0 Å². The van der Waals surface area contributed by atoms with Gasteiger partial charge in [0.25, 0.3) is 0 Å². The first-order chi connectivity index (χ1) is 14.8. The normalized spacial score (nSPS) is 14.6. The Labute approximate surface area is 181 Å². The minimum Gasteiger partial charge on any atom is -0.478 e. The maximum absolute atomic E-state index is 13.2. The molecule has 1 fully saturated rings. The number of carbonyl (C=O) groups excluding carboxylic acids is 1. The van der Waals surface area contributed by atoms with Crippen molar-refractivity contribution in [3.63, 3.8) is 0 Å². The zero-order valence-electron chi connectivity index (χ0n) is 18.3. The van der Waals surface area contributed by atoms with Crippen LogP contribution in [-0.4, -0.2) is 52.4 Å². The average Bonchev–Trinajstić information content (AvgIpc) is 2.98. The highest BCUT2D eigenvalue weighted by Gasteiger charge is 2.26. The van der Waals surface area contributed by atoms with Crippen LogP contribution < -0.4 is 5.32 Å². The Balaban J connectivity index is 1.70. The number of aromatic carboxylic acids is 1. The summed E-state index contributed by atoms with van der Waals surface area (Å²) in [6, 6.07) is 6.44. The van der Waals surface area contributed by atoms with Crippen molar-refractivity contribution in [2.24, 2.45) is 0 Å². The van der Waals surface area contributed by atoms with Gasteiger partial charge in [0, 0.05) is 49.2 Å². The van der Waals surface area contributed by atoms with E-state index in [1.54, 1.807) is 30.9 Å². The molecule has 31 heavy (non-hydrogen) atoms. The zero-order valence-corrected chi connectivity index (χ0v) is 18.3. The molecule has 0 saturated carbocycles. The van der Waals surface area contributed by atoms with Crippen LogP contribution in [0.4, 0.5) is 9.18 Å². The van der Waals surface area contributed by atoms with Crippen LogP contribution in [-0.2, 0) is 17.8 Å². The van der Waals surface area contributed by atoms with E-state index in [1.165, 1.54) is 12.1 Å². The third kappa shape index (κ3) is 5.25. The van der Waals surface area contributed by atoms with Crippen molar-refractivity contribution in [3.8, 4) is 0 Å². The van der Waals surface area contributed by atoms with E-state index in [4.69, 9.17) is 4.74 Å². The monoisotopic (exact) mass is 431 g/mol. The van der Waals surface area contributed by atoms with Gasteiger partial charge in [-0.15, -0.1) is 0 Å². The molecule has 1 saturated heterocycles. The molecule has 7 nitrogen and oxygen atoms in total.